The fourth-order valence-electron chi connectivity index (χ4n) is 2.53. The molecule has 0 spiro atoms. The lowest BCUT2D eigenvalue weighted by atomic mass is 10.1. The molecule has 0 saturated heterocycles. The first kappa shape index (κ1) is 15.6. The van der Waals surface area contributed by atoms with Crippen molar-refractivity contribution >= 4 is 37.7 Å². The SMILES string of the molecule is BrCc1cccc2cccnc12.Cc1cccc2cccnc12. The van der Waals surface area contributed by atoms with Crippen LogP contribution in [0.1, 0.15) is 11.1 Å². The smallest absolute Gasteiger partial charge is 0.0742 e. The zero-order valence-corrected chi connectivity index (χ0v) is 14.5. The van der Waals surface area contributed by atoms with Crippen molar-refractivity contribution in [2.75, 3.05) is 0 Å². The molecular formula is C20H17BrN2. The molecule has 2 nitrogen and oxygen atoms in total. The van der Waals surface area contributed by atoms with Crippen molar-refractivity contribution in [3.05, 3.63) is 84.2 Å². The fourth-order valence-corrected chi connectivity index (χ4v) is 2.98. The third-order valence-corrected chi connectivity index (χ3v) is 4.30. The molecule has 0 aliphatic carbocycles. The van der Waals surface area contributed by atoms with E-state index in [4.69, 9.17) is 0 Å². The van der Waals surface area contributed by atoms with Gasteiger partial charge in [0.25, 0.3) is 0 Å². The van der Waals surface area contributed by atoms with Crippen LogP contribution in [-0.4, -0.2) is 9.97 Å². The third-order valence-electron chi connectivity index (χ3n) is 3.69. The summed E-state index contributed by atoms with van der Waals surface area (Å²) in [6.45, 7) is 2.08. The Labute approximate surface area is 144 Å². The molecule has 23 heavy (non-hydrogen) atoms. The van der Waals surface area contributed by atoms with Gasteiger partial charge in [-0.2, -0.15) is 0 Å². The van der Waals surface area contributed by atoms with E-state index < -0.39 is 0 Å². The number of fused-ring (bicyclic) bond motifs is 2. The Morgan fingerprint density at radius 3 is 1.96 bits per heavy atom. The minimum absolute atomic E-state index is 0.862. The number of halogens is 1. The number of hydrogen-bond donors (Lipinski definition) is 0. The molecule has 0 atom stereocenters. The first-order valence-electron chi connectivity index (χ1n) is 7.48. The van der Waals surface area contributed by atoms with Crippen LogP contribution < -0.4 is 0 Å². The van der Waals surface area contributed by atoms with Gasteiger partial charge >= 0.3 is 0 Å². The van der Waals surface area contributed by atoms with Crippen molar-refractivity contribution in [2.45, 2.75) is 12.3 Å². The highest BCUT2D eigenvalue weighted by molar-refractivity contribution is 9.08. The molecule has 0 unspecified atom stereocenters. The molecule has 0 N–H and O–H groups in total. The van der Waals surface area contributed by atoms with Gasteiger partial charge in [-0.25, -0.2) is 0 Å². The number of aryl methyl sites for hydroxylation is 1. The lowest BCUT2D eigenvalue weighted by Gasteiger charge is -2.00. The van der Waals surface area contributed by atoms with E-state index in [2.05, 4.69) is 81.4 Å². The minimum atomic E-state index is 0.862. The van der Waals surface area contributed by atoms with Gasteiger partial charge in [0.05, 0.1) is 11.0 Å². The molecule has 0 saturated carbocycles. The summed E-state index contributed by atoms with van der Waals surface area (Å²) in [5, 5.41) is 3.28. The Kier molecular flexibility index (Phi) is 4.99. The van der Waals surface area contributed by atoms with Gasteiger partial charge in [0.2, 0.25) is 0 Å². The van der Waals surface area contributed by atoms with Crippen molar-refractivity contribution in [3.8, 4) is 0 Å². The third kappa shape index (κ3) is 3.57. The zero-order chi connectivity index (χ0) is 16.1. The number of hydrogen-bond acceptors (Lipinski definition) is 2. The molecule has 0 aliphatic heterocycles. The molecule has 0 amide bonds. The van der Waals surface area contributed by atoms with E-state index in [1.165, 1.54) is 21.9 Å². The summed E-state index contributed by atoms with van der Waals surface area (Å²) in [7, 11) is 0. The van der Waals surface area contributed by atoms with Gasteiger partial charge in [-0.05, 0) is 30.2 Å². The van der Waals surface area contributed by atoms with Gasteiger partial charge in [0, 0.05) is 28.5 Å². The lowest BCUT2D eigenvalue weighted by Crippen LogP contribution is -1.83. The Hall–Kier alpha value is -2.26. The molecule has 3 heteroatoms. The Bertz CT molecular complexity index is 924. The van der Waals surface area contributed by atoms with Crippen molar-refractivity contribution in [1.29, 1.82) is 0 Å². The zero-order valence-electron chi connectivity index (χ0n) is 12.9. The van der Waals surface area contributed by atoms with E-state index in [9.17, 15) is 0 Å². The van der Waals surface area contributed by atoms with E-state index in [1.807, 2.05) is 24.5 Å². The molecule has 2 aromatic carbocycles. The molecule has 0 bridgehead atoms. The van der Waals surface area contributed by atoms with E-state index in [0.29, 0.717) is 0 Å². The van der Waals surface area contributed by atoms with Crippen LogP contribution >= 0.6 is 15.9 Å². The second-order valence-electron chi connectivity index (χ2n) is 5.28. The maximum atomic E-state index is 4.32. The van der Waals surface area contributed by atoms with Crippen LogP contribution in [0.3, 0.4) is 0 Å². The Morgan fingerprint density at radius 2 is 1.30 bits per heavy atom. The topological polar surface area (TPSA) is 25.8 Å². The van der Waals surface area contributed by atoms with Gasteiger partial charge in [-0.1, -0.05) is 64.5 Å². The van der Waals surface area contributed by atoms with Gasteiger partial charge in [-0.15, -0.1) is 0 Å². The molecule has 0 radical (unpaired) electrons. The average molecular weight is 365 g/mol. The number of alkyl halides is 1. The molecular weight excluding hydrogens is 348 g/mol. The maximum Gasteiger partial charge on any atom is 0.0742 e. The van der Waals surface area contributed by atoms with Crippen LogP contribution in [0.2, 0.25) is 0 Å². The van der Waals surface area contributed by atoms with Gasteiger partial charge in [0.15, 0.2) is 0 Å². The molecule has 4 aromatic rings. The quantitative estimate of drug-likeness (QED) is 0.406. The summed E-state index contributed by atoms with van der Waals surface area (Å²) in [5.74, 6) is 0. The van der Waals surface area contributed by atoms with Crippen LogP contribution in [0, 0.1) is 6.92 Å². The summed E-state index contributed by atoms with van der Waals surface area (Å²) in [6, 6.07) is 20.5. The van der Waals surface area contributed by atoms with Crippen LogP contribution in [0.4, 0.5) is 0 Å². The highest BCUT2D eigenvalue weighted by Crippen LogP contribution is 2.17. The molecule has 2 aromatic heterocycles. The van der Waals surface area contributed by atoms with Crippen molar-refractivity contribution < 1.29 is 0 Å². The van der Waals surface area contributed by atoms with Crippen molar-refractivity contribution in [1.82, 2.24) is 9.97 Å². The summed E-state index contributed by atoms with van der Waals surface area (Å²) in [4.78, 5) is 8.60. The molecule has 2 heterocycles. The maximum absolute atomic E-state index is 4.32. The largest absolute Gasteiger partial charge is 0.256 e. The van der Waals surface area contributed by atoms with Crippen LogP contribution in [0.25, 0.3) is 21.8 Å². The summed E-state index contributed by atoms with van der Waals surface area (Å²) in [6.07, 6.45) is 3.66. The fraction of sp³-hybridized carbons (Fsp3) is 0.100. The van der Waals surface area contributed by atoms with Gasteiger partial charge in [-0.3, -0.25) is 9.97 Å². The molecule has 0 aliphatic rings. The lowest BCUT2D eigenvalue weighted by molar-refractivity contribution is 1.36. The normalized spacial score (nSPS) is 10.3. The Balaban J connectivity index is 0.000000136. The predicted octanol–water partition coefficient (Wildman–Crippen LogP) is 5.67. The monoisotopic (exact) mass is 364 g/mol. The van der Waals surface area contributed by atoms with Crippen LogP contribution in [0.15, 0.2) is 73.1 Å². The first-order valence-corrected chi connectivity index (χ1v) is 8.60. The molecule has 4 rings (SSSR count). The van der Waals surface area contributed by atoms with Crippen LogP contribution in [-0.2, 0) is 5.33 Å². The molecule has 114 valence electrons. The van der Waals surface area contributed by atoms with E-state index in [-0.39, 0.29) is 0 Å². The van der Waals surface area contributed by atoms with Crippen molar-refractivity contribution in [2.24, 2.45) is 0 Å². The number of nitrogens with zero attached hydrogens (tertiary/aromatic N) is 2. The highest BCUT2D eigenvalue weighted by atomic mass is 79.9. The van der Waals surface area contributed by atoms with Crippen LogP contribution in [0.5, 0.6) is 0 Å². The predicted molar refractivity (Wildman–Crippen MR) is 101 cm³/mol. The van der Waals surface area contributed by atoms with Gasteiger partial charge in [0.1, 0.15) is 0 Å². The summed E-state index contributed by atoms with van der Waals surface area (Å²) in [5.41, 5.74) is 4.68. The second kappa shape index (κ2) is 7.34. The van der Waals surface area contributed by atoms with Gasteiger partial charge < -0.3 is 0 Å². The van der Waals surface area contributed by atoms with E-state index in [1.54, 1.807) is 0 Å². The van der Waals surface area contributed by atoms with Crippen molar-refractivity contribution in [3.63, 3.8) is 0 Å². The summed E-state index contributed by atoms with van der Waals surface area (Å²) >= 11 is 3.44. The minimum Gasteiger partial charge on any atom is -0.256 e. The number of para-hydroxylation sites is 2. The average Bonchev–Trinajstić information content (AvgIpc) is 2.62. The number of rotatable bonds is 1. The number of benzene rings is 2. The number of pyridine rings is 2. The van der Waals surface area contributed by atoms with E-state index >= 15 is 0 Å². The molecule has 0 fully saturated rings. The number of aromatic nitrogens is 2. The highest BCUT2D eigenvalue weighted by Gasteiger charge is 1.98. The summed E-state index contributed by atoms with van der Waals surface area (Å²) < 4.78 is 0. The standard InChI is InChI=1S/C10H8BrN.C10H9N/c11-7-9-4-1-3-8-5-2-6-12-10(8)9;1-8-4-2-5-9-6-3-7-11-10(8)9/h1-6H,7H2;2-7H,1H3. The van der Waals surface area contributed by atoms with E-state index in [0.717, 1.165) is 16.4 Å². The Morgan fingerprint density at radius 1 is 0.739 bits per heavy atom. The first-order chi connectivity index (χ1) is 11.3. The second-order valence-corrected chi connectivity index (χ2v) is 5.84.